The Morgan fingerprint density at radius 2 is 2.04 bits per heavy atom. The van der Waals surface area contributed by atoms with Gasteiger partial charge in [0, 0.05) is 6.07 Å². The number of ether oxygens (including phenoxy) is 1. The fraction of sp³-hybridized carbons (Fsp3) is 0.150. The molecule has 0 radical (unpaired) electrons. The Kier molecular flexibility index (Phi) is 4.48. The normalized spacial score (nSPS) is 16.7. The predicted octanol–water partition coefficient (Wildman–Crippen LogP) is 3.84. The number of hydrogen-bond donors (Lipinski definition) is 1. The van der Waals surface area contributed by atoms with Gasteiger partial charge in [0.2, 0.25) is 5.78 Å². The summed E-state index contributed by atoms with van der Waals surface area (Å²) >= 11 is 1.25. The molecule has 4 rings (SSSR count). The molecule has 0 saturated heterocycles. The van der Waals surface area contributed by atoms with E-state index >= 15 is 0 Å². The van der Waals surface area contributed by atoms with E-state index in [0.29, 0.717) is 22.0 Å². The van der Waals surface area contributed by atoms with E-state index in [4.69, 9.17) is 9.26 Å². The highest BCUT2D eigenvalue weighted by atomic mass is 32.1. The number of rotatable bonds is 5. The summed E-state index contributed by atoms with van der Waals surface area (Å²) in [7, 11) is 1.55. The summed E-state index contributed by atoms with van der Waals surface area (Å²) < 4.78 is 10.3. The van der Waals surface area contributed by atoms with Crippen LogP contribution in [-0.4, -0.2) is 29.1 Å². The SMILES string of the molecule is COc1ccc([C@H]2C(C(=O)c3cccs3)=C(O)C(=O)N2c2cc(C)on2)cc1. The van der Waals surface area contributed by atoms with Crippen LogP contribution in [0.3, 0.4) is 0 Å². The van der Waals surface area contributed by atoms with Crippen LogP contribution in [0.25, 0.3) is 0 Å². The Bertz CT molecular complexity index is 1070. The molecule has 0 fully saturated rings. The Balaban J connectivity index is 1.86. The molecule has 1 aromatic carbocycles. The first kappa shape index (κ1) is 18.0. The lowest BCUT2D eigenvalue weighted by Crippen LogP contribution is -2.31. The van der Waals surface area contributed by atoms with Gasteiger partial charge in [0.15, 0.2) is 11.6 Å². The summed E-state index contributed by atoms with van der Waals surface area (Å²) in [6.07, 6.45) is 0. The minimum absolute atomic E-state index is 0.0123. The minimum atomic E-state index is -0.836. The van der Waals surface area contributed by atoms with Crippen molar-refractivity contribution >= 4 is 28.8 Å². The zero-order chi connectivity index (χ0) is 19.8. The lowest BCUT2D eigenvalue weighted by Gasteiger charge is -2.24. The molecule has 1 N–H and O–H groups in total. The molecule has 8 heteroatoms. The Morgan fingerprint density at radius 1 is 1.29 bits per heavy atom. The molecule has 28 heavy (non-hydrogen) atoms. The number of methoxy groups -OCH3 is 1. The number of aromatic nitrogens is 1. The summed E-state index contributed by atoms with van der Waals surface area (Å²) in [5, 5.41) is 16.3. The molecule has 0 saturated carbocycles. The maximum absolute atomic E-state index is 13.1. The third-order valence-electron chi connectivity index (χ3n) is 4.49. The number of benzene rings is 1. The second-order valence-electron chi connectivity index (χ2n) is 6.22. The number of thiophene rings is 1. The second-order valence-corrected chi connectivity index (χ2v) is 7.16. The molecule has 0 aliphatic carbocycles. The Labute approximate surface area is 164 Å². The van der Waals surface area contributed by atoms with Crippen molar-refractivity contribution < 1.29 is 24.0 Å². The molecule has 1 amide bonds. The van der Waals surface area contributed by atoms with Gasteiger partial charge in [-0.2, -0.15) is 0 Å². The molecule has 2 aromatic heterocycles. The fourth-order valence-electron chi connectivity index (χ4n) is 3.18. The van der Waals surface area contributed by atoms with Crippen molar-refractivity contribution in [2.75, 3.05) is 12.0 Å². The topological polar surface area (TPSA) is 92.9 Å². The van der Waals surface area contributed by atoms with Gasteiger partial charge >= 0.3 is 0 Å². The van der Waals surface area contributed by atoms with Crippen molar-refractivity contribution in [3.05, 3.63) is 75.4 Å². The number of aliphatic hydroxyl groups is 1. The predicted molar refractivity (Wildman–Crippen MR) is 103 cm³/mol. The van der Waals surface area contributed by atoms with E-state index < -0.39 is 23.5 Å². The molecule has 7 nitrogen and oxygen atoms in total. The van der Waals surface area contributed by atoms with E-state index in [1.807, 2.05) is 0 Å². The molecule has 0 spiro atoms. The molecule has 3 heterocycles. The van der Waals surface area contributed by atoms with Crippen LogP contribution in [0.4, 0.5) is 5.82 Å². The van der Waals surface area contributed by atoms with Crippen molar-refractivity contribution in [3.8, 4) is 5.75 Å². The molecule has 142 valence electrons. The van der Waals surface area contributed by atoms with E-state index in [2.05, 4.69) is 5.16 Å². The van der Waals surface area contributed by atoms with Gasteiger partial charge in [0.05, 0.1) is 23.6 Å². The van der Waals surface area contributed by atoms with Crippen LogP contribution in [0.5, 0.6) is 5.75 Å². The molecule has 1 aliphatic heterocycles. The van der Waals surface area contributed by atoms with E-state index in [9.17, 15) is 14.7 Å². The van der Waals surface area contributed by atoms with Gasteiger partial charge in [0.1, 0.15) is 11.5 Å². The molecule has 0 unspecified atom stereocenters. The average Bonchev–Trinajstić information content (AvgIpc) is 3.43. The number of carbonyl (C=O) groups excluding carboxylic acids is 2. The number of nitrogens with zero attached hydrogens (tertiary/aromatic N) is 2. The third-order valence-corrected chi connectivity index (χ3v) is 5.36. The molecular formula is C20H16N2O5S. The summed E-state index contributed by atoms with van der Waals surface area (Å²) in [5.41, 5.74) is 0.650. The number of amides is 1. The molecule has 1 atom stereocenters. The highest BCUT2D eigenvalue weighted by Crippen LogP contribution is 2.42. The van der Waals surface area contributed by atoms with Crippen LogP contribution in [0.15, 0.2) is 63.7 Å². The number of anilines is 1. The number of carbonyl (C=O) groups is 2. The third kappa shape index (κ3) is 2.87. The lowest BCUT2D eigenvalue weighted by molar-refractivity contribution is -0.117. The number of Topliss-reactive ketones (excluding diaryl/α,β-unsaturated/α-hetero) is 1. The summed E-state index contributed by atoms with van der Waals surface area (Å²) in [6, 6.07) is 11.1. The van der Waals surface area contributed by atoms with Gasteiger partial charge < -0.3 is 14.4 Å². The summed E-state index contributed by atoms with van der Waals surface area (Å²) in [5.74, 6) is -0.313. The first-order chi connectivity index (χ1) is 13.5. The van der Waals surface area contributed by atoms with Gasteiger partial charge in [0.25, 0.3) is 5.91 Å². The largest absolute Gasteiger partial charge is 0.503 e. The summed E-state index contributed by atoms with van der Waals surface area (Å²) in [4.78, 5) is 27.7. The van der Waals surface area contributed by atoms with Gasteiger partial charge in [-0.25, -0.2) is 0 Å². The van der Waals surface area contributed by atoms with Crippen LogP contribution in [0.2, 0.25) is 0 Å². The van der Waals surface area contributed by atoms with E-state index in [0.717, 1.165) is 0 Å². The molecule has 1 aliphatic rings. The number of aryl methyl sites for hydroxylation is 1. The Morgan fingerprint density at radius 3 is 2.61 bits per heavy atom. The number of ketones is 1. The fourth-order valence-corrected chi connectivity index (χ4v) is 3.86. The van der Waals surface area contributed by atoms with Crippen LogP contribution in [0.1, 0.15) is 27.0 Å². The van der Waals surface area contributed by atoms with Crippen molar-refractivity contribution in [1.82, 2.24) is 5.16 Å². The van der Waals surface area contributed by atoms with Crippen LogP contribution >= 0.6 is 11.3 Å². The monoisotopic (exact) mass is 396 g/mol. The molecular weight excluding hydrogens is 380 g/mol. The van der Waals surface area contributed by atoms with Crippen molar-refractivity contribution in [3.63, 3.8) is 0 Å². The maximum atomic E-state index is 13.1. The van der Waals surface area contributed by atoms with E-state index in [-0.39, 0.29) is 11.4 Å². The second kappa shape index (κ2) is 6.97. The zero-order valence-corrected chi connectivity index (χ0v) is 15.9. The first-order valence-electron chi connectivity index (χ1n) is 8.43. The van der Waals surface area contributed by atoms with E-state index in [1.165, 1.54) is 16.2 Å². The maximum Gasteiger partial charge on any atom is 0.295 e. The zero-order valence-electron chi connectivity index (χ0n) is 15.1. The van der Waals surface area contributed by atoms with Crippen molar-refractivity contribution in [2.24, 2.45) is 0 Å². The first-order valence-corrected chi connectivity index (χ1v) is 9.31. The van der Waals surface area contributed by atoms with Gasteiger partial charge in [-0.15, -0.1) is 11.3 Å². The Hall–Kier alpha value is -3.39. The standard InChI is InChI=1S/C20H16N2O5S/c1-11-10-15(21-27-11)22-17(12-5-7-13(26-2)8-6-12)16(19(24)20(22)25)18(23)14-4-3-9-28-14/h3-10,17,24H,1-2H3/t17-/m0/s1. The van der Waals surface area contributed by atoms with Crippen LogP contribution < -0.4 is 9.64 Å². The smallest absolute Gasteiger partial charge is 0.295 e. The van der Waals surface area contributed by atoms with Gasteiger partial charge in [-0.3, -0.25) is 14.5 Å². The van der Waals surface area contributed by atoms with Gasteiger partial charge in [-0.1, -0.05) is 23.4 Å². The molecule has 0 bridgehead atoms. The highest BCUT2D eigenvalue weighted by molar-refractivity contribution is 7.12. The van der Waals surface area contributed by atoms with Crippen molar-refractivity contribution in [2.45, 2.75) is 13.0 Å². The van der Waals surface area contributed by atoms with Crippen LogP contribution in [-0.2, 0) is 4.79 Å². The van der Waals surface area contributed by atoms with Gasteiger partial charge in [-0.05, 0) is 36.1 Å². The molecule has 3 aromatic rings. The quantitative estimate of drug-likeness (QED) is 0.659. The summed E-state index contributed by atoms with van der Waals surface area (Å²) in [6.45, 7) is 1.70. The highest BCUT2D eigenvalue weighted by Gasteiger charge is 2.45. The minimum Gasteiger partial charge on any atom is -0.503 e. The number of hydrogen-bond acceptors (Lipinski definition) is 7. The van der Waals surface area contributed by atoms with Crippen LogP contribution in [0, 0.1) is 6.92 Å². The average molecular weight is 396 g/mol. The van der Waals surface area contributed by atoms with E-state index in [1.54, 1.807) is 61.9 Å². The van der Waals surface area contributed by atoms with Crippen molar-refractivity contribution in [1.29, 1.82) is 0 Å². The number of aliphatic hydroxyl groups excluding tert-OH is 1. The lowest BCUT2D eigenvalue weighted by atomic mass is 9.95.